The normalized spacial score (nSPS) is 10.7. The number of rotatable bonds is 4. The minimum atomic E-state index is -0.862. The van der Waals surface area contributed by atoms with Crippen molar-refractivity contribution in [2.75, 3.05) is 0 Å². The monoisotopic (exact) mass is 299 g/mol. The number of carbonyl (C=O) groups is 1. The van der Waals surface area contributed by atoms with Crippen molar-refractivity contribution in [1.82, 2.24) is 4.98 Å². The topological polar surface area (TPSA) is 63.3 Å². The summed E-state index contributed by atoms with van der Waals surface area (Å²) in [5.74, 6) is -0.160. The second-order valence-electron chi connectivity index (χ2n) is 4.66. The lowest BCUT2D eigenvalue weighted by Crippen LogP contribution is -1.99. The maximum Gasteiger partial charge on any atom is 0.308 e. The Bertz CT molecular complexity index is 774. The zero-order chi connectivity index (χ0) is 14.8. The largest absolute Gasteiger partial charge is 0.481 e. The molecule has 0 fully saturated rings. The number of thiazole rings is 1. The molecule has 0 aliphatic rings. The van der Waals surface area contributed by atoms with E-state index in [9.17, 15) is 4.79 Å². The smallest absolute Gasteiger partial charge is 0.308 e. The Morgan fingerprint density at radius 1 is 1.29 bits per heavy atom. The van der Waals surface area contributed by atoms with Gasteiger partial charge in [0.15, 0.2) is 10.8 Å². The highest BCUT2D eigenvalue weighted by Crippen LogP contribution is 2.35. The van der Waals surface area contributed by atoms with Gasteiger partial charge in [-0.2, -0.15) is 0 Å². The Hall–Kier alpha value is -2.40. The van der Waals surface area contributed by atoms with Gasteiger partial charge in [0.05, 0.1) is 18.4 Å². The Balaban J connectivity index is 2.12. The molecule has 2 aromatic heterocycles. The van der Waals surface area contributed by atoms with Crippen LogP contribution in [0.25, 0.3) is 22.0 Å². The van der Waals surface area contributed by atoms with E-state index in [1.807, 2.05) is 43.3 Å². The summed E-state index contributed by atoms with van der Waals surface area (Å²) in [5.41, 5.74) is 2.62. The van der Waals surface area contributed by atoms with Gasteiger partial charge in [0.25, 0.3) is 0 Å². The van der Waals surface area contributed by atoms with Gasteiger partial charge >= 0.3 is 5.97 Å². The van der Waals surface area contributed by atoms with E-state index in [0.717, 1.165) is 16.0 Å². The highest BCUT2D eigenvalue weighted by atomic mass is 32.1. The van der Waals surface area contributed by atoms with Gasteiger partial charge in [0.2, 0.25) is 0 Å². The van der Waals surface area contributed by atoms with Crippen molar-refractivity contribution in [2.24, 2.45) is 0 Å². The molecule has 0 amide bonds. The zero-order valence-corrected chi connectivity index (χ0v) is 12.2. The number of carboxylic acids is 1. The number of aromatic nitrogens is 1. The van der Waals surface area contributed by atoms with Crippen molar-refractivity contribution in [3.63, 3.8) is 0 Å². The van der Waals surface area contributed by atoms with E-state index in [0.29, 0.717) is 16.5 Å². The van der Waals surface area contributed by atoms with Crippen molar-refractivity contribution >= 4 is 17.3 Å². The predicted molar refractivity (Wildman–Crippen MR) is 81.3 cm³/mol. The zero-order valence-electron chi connectivity index (χ0n) is 11.4. The number of aryl methyl sites for hydroxylation is 1. The van der Waals surface area contributed by atoms with Gasteiger partial charge in [-0.05, 0) is 18.6 Å². The van der Waals surface area contributed by atoms with Crippen LogP contribution in [0, 0.1) is 6.92 Å². The van der Waals surface area contributed by atoms with E-state index in [1.165, 1.54) is 11.3 Å². The Labute approximate surface area is 125 Å². The molecule has 0 bridgehead atoms. The van der Waals surface area contributed by atoms with Gasteiger partial charge in [0, 0.05) is 10.4 Å². The van der Waals surface area contributed by atoms with Crippen LogP contribution in [0.5, 0.6) is 0 Å². The molecule has 5 heteroatoms. The molecule has 0 aliphatic heterocycles. The molecule has 0 spiro atoms. The van der Waals surface area contributed by atoms with E-state index in [4.69, 9.17) is 9.52 Å². The maximum absolute atomic E-state index is 11.1. The van der Waals surface area contributed by atoms with E-state index >= 15 is 0 Å². The fourth-order valence-electron chi connectivity index (χ4n) is 2.12. The molecule has 3 rings (SSSR count). The van der Waals surface area contributed by atoms with Crippen LogP contribution in [0.2, 0.25) is 0 Å². The lowest BCUT2D eigenvalue weighted by atomic mass is 10.1. The molecule has 0 atom stereocenters. The highest BCUT2D eigenvalue weighted by Gasteiger charge is 2.18. The molecule has 1 aromatic carbocycles. The lowest BCUT2D eigenvalue weighted by molar-refractivity contribution is -0.136. The highest BCUT2D eigenvalue weighted by molar-refractivity contribution is 7.15. The third kappa shape index (κ3) is 2.73. The second kappa shape index (κ2) is 5.54. The number of benzene rings is 1. The van der Waals surface area contributed by atoms with Gasteiger partial charge < -0.3 is 9.52 Å². The predicted octanol–water partition coefficient (Wildman–Crippen LogP) is 4.01. The molecule has 0 saturated heterocycles. The number of aliphatic carboxylic acids is 1. The number of hydrogen-bond acceptors (Lipinski definition) is 4. The first-order chi connectivity index (χ1) is 10.1. The molecule has 21 heavy (non-hydrogen) atoms. The molecular weight excluding hydrogens is 286 g/mol. The minimum absolute atomic E-state index is 0.0400. The molecular formula is C16H13NO3S. The van der Waals surface area contributed by atoms with E-state index in [-0.39, 0.29) is 6.42 Å². The maximum atomic E-state index is 11.1. The average Bonchev–Trinajstić information content (AvgIpc) is 3.05. The van der Waals surface area contributed by atoms with Crippen LogP contribution in [0.3, 0.4) is 0 Å². The van der Waals surface area contributed by atoms with Crippen molar-refractivity contribution in [2.45, 2.75) is 13.3 Å². The number of furan rings is 1. The minimum Gasteiger partial charge on any atom is -0.481 e. The number of hydrogen-bond donors (Lipinski definition) is 1. The van der Waals surface area contributed by atoms with Crippen LogP contribution in [-0.2, 0) is 11.2 Å². The number of carboxylic acid groups (broad SMARTS) is 1. The van der Waals surface area contributed by atoms with Crippen LogP contribution >= 0.6 is 11.3 Å². The molecule has 0 saturated carbocycles. The first-order valence-corrected chi connectivity index (χ1v) is 7.28. The van der Waals surface area contributed by atoms with Gasteiger partial charge in [-0.1, -0.05) is 30.3 Å². The molecule has 0 aliphatic carbocycles. The Morgan fingerprint density at radius 3 is 2.67 bits per heavy atom. The summed E-state index contributed by atoms with van der Waals surface area (Å²) in [5, 5.41) is 9.80. The summed E-state index contributed by atoms with van der Waals surface area (Å²) >= 11 is 1.37. The molecule has 0 radical (unpaired) electrons. The van der Waals surface area contributed by atoms with Crippen molar-refractivity contribution in [1.29, 1.82) is 0 Å². The Kier molecular flexibility index (Phi) is 3.58. The van der Waals surface area contributed by atoms with Gasteiger partial charge in [-0.25, -0.2) is 4.98 Å². The molecule has 2 heterocycles. The molecule has 1 N–H and O–H groups in total. The lowest BCUT2D eigenvalue weighted by Gasteiger charge is -1.99. The summed E-state index contributed by atoms with van der Waals surface area (Å²) in [4.78, 5) is 16.4. The van der Waals surface area contributed by atoms with Gasteiger partial charge in [-0.15, -0.1) is 11.3 Å². The van der Waals surface area contributed by atoms with Crippen LogP contribution in [0.4, 0.5) is 0 Å². The van der Waals surface area contributed by atoms with Crippen LogP contribution in [0.15, 0.2) is 47.1 Å². The number of nitrogens with zero attached hydrogens (tertiary/aromatic N) is 1. The second-order valence-corrected chi connectivity index (χ2v) is 5.74. The van der Waals surface area contributed by atoms with E-state index in [1.54, 1.807) is 6.26 Å². The van der Waals surface area contributed by atoms with Crippen LogP contribution in [0.1, 0.15) is 10.4 Å². The van der Waals surface area contributed by atoms with Crippen molar-refractivity contribution in [3.8, 4) is 22.0 Å². The summed E-state index contributed by atoms with van der Waals surface area (Å²) in [6, 6.07) is 11.5. The van der Waals surface area contributed by atoms with Crippen LogP contribution in [-0.4, -0.2) is 16.1 Å². The third-order valence-electron chi connectivity index (χ3n) is 3.11. The fourth-order valence-corrected chi connectivity index (χ4v) is 3.25. The van der Waals surface area contributed by atoms with Crippen molar-refractivity contribution in [3.05, 3.63) is 53.1 Å². The molecule has 3 aromatic rings. The molecule has 106 valence electrons. The average molecular weight is 299 g/mol. The van der Waals surface area contributed by atoms with Gasteiger partial charge in [-0.3, -0.25) is 4.79 Å². The third-order valence-corrected chi connectivity index (χ3v) is 4.17. The Morgan fingerprint density at radius 2 is 2.05 bits per heavy atom. The SMILES string of the molecule is Cc1ccoc1-c1nc(-c2ccccc2)c(CC(=O)O)s1. The van der Waals surface area contributed by atoms with E-state index in [2.05, 4.69) is 4.98 Å². The molecule has 4 nitrogen and oxygen atoms in total. The van der Waals surface area contributed by atoms with Crippen molar-refractivity contribution < 1.29 is 14.3 Å². The first kappa shape index (κ1) is 13.6. The van der Waals surface area contributed by atoms with Gasteiger partial charge in [0.1, 0.15) is 0 Å². The fraction of sp³-hybridized carbons (Fsp3) is 0.125. The summed E-state index contributed by atoms with van der Waals surface area (Å²) < 4.78 is 5.46. The summed E-state index contributed by atoms with van der Waals surface area (Å²) in [7, 11) is 0. The summed E-state index contributed by atoms with van der Waals surface area (Å²) in [6.07, 6.45) is 1.58. The first-order valence-electron chi connectivity index (χ1n) is 6.46. The van der Waals surface area contributed by atoms with E-state index < -0.39 is 5.97 Å². The quantitative estimate of drug-likeness (QED) is 0.790. The molecule has 0 unspecified atom stereocenters. The standard InChI is InChI=1S/C16H13NO3S/c1-10-7-8-20-15(10)16-17-14(11-5-3-2-4-6-11)12(21-16)9-13(18)19/h2-8H,9H2,1H3,(H,18,19). The van der Waals surface area contributed by atoms with Crippen LogP contribution < -0.4 is 0 Å². The summed E-state index contributed by atoms with van der Waals surface area (Å²) in [6.45, 7) is 1.94.